The number of ether oxygens (including phenoxy) is 1. The number of carbonyl (C=O) groups is 1. The Kier molecular flexibility index (Phi) is 4.84. The number of benzene rings is 1. The van der Waals surface area contributed by atoms with Crippen LogP contribution < -0.4 is 0 Å². The lowest BCUT2D eigenvalue weighted by Gasteiger charge is -2.02. The van der Waals surface area contributed by atoms with Crippen molar-refractivity contribution in [2.45, 2.75) is 19.3 Å². The number of rotatable bonds is 5. The molecule has 0 saturated carbocycles. The van der Waals surface area contributed by atoms with Crippen LogP contribution in [0.25, 0.3) is 0 Å². The van der Waals surface area contributed by atoms with Crippen molar-refractivity contribution < 1.29 is 14.6 Å². The van der Waals surface area contributed by atoms with E-state index in [1.165, 1.54) is 12.7 Å². The highest BCUT2D eigenvalue weighted by Crippen LogP contribution is 2.07. The van der Waals surface area contributed by atoms with Gasteiger partial charge in [-0.15, -0.1) is 0 Å². The maximum atomic E-state index is 11.0. The van der Waals surface area contributed by atoms with Crippen LogP contribution in [0.1, 0.15) is 17.5 Å². The largest absolute Gasteiger partial charge is 0.469 e. The molecule has 0 saturated heterocycles. The normalized spacial score (nSPS) is 10.0. The minimum absolute atomic E-state index is 0.212. The molecule has 0 aromatic heterocycles. The van der Waals surface area contributed by atoms with E-state index in [2.05, 4.69) is 4.74 Å². The fourth-order valence-electron chi connectivity index (χ4n) is 1.35. The Labute approximate surface area is 89.7 Å². The van der Waals surface area contributed by atoms with E-state index in [0.29, 0.717) is 6.42 Å². The van der Waals surface area contributed by atoms with Gasteiger partial charge >= 0.3 is 5.97 Å². The maximum absolute atomic E-state index is 11.0. The van der Waals surface area contributed by atoms with Gasteiger partial charge < -0.3 is 9.84 Å². The standard InChI is InChI=1S/C12H16O3/c1-15-12(14)9-11-6-4-10(5-7-11)3-2-8-13/h4-7,13H,2-3,8-9H2,1H3. The first-order valence-corrected chi connectivity index (χ1v) is 5.01. The topological polar surface area (TPSA) is 46.5 Å². The zero-order valence-electron chi connectivity index (χ0n) is 8.90. The molecule has 0 heterocycles. The van der Waals surface area contributed by atoms with E-state index in [1.54, 1.807) is 0 Å². The molecular weight excluding hydrogens is 192 g/mol. The smallest absolute Gasteiger partial charge is 0.309 e. The molecule has 0 aliphatic carbocycles. The molecule has 3 heteroatoms. The van der Waals surface area contributed by atoms with Crippen LogP contribution in [0.5, 0.6) is 0 Å². The van der Waals surface area contributed by atoms with Crippen molar-refractivity contribution >= 4 is 5.97 Å². The Morgan fingerprint density at radius 3 is 2.40 bits per heavy atom. The summed E-state index contributed by atoms with van der Waals surface area (Å²) in [6.45, 7) is 0.212. The first-order chi connectivity index (χ1) is 7.26. The number of aliphatic hydroxyl groups is 1. The second-order valence-corrected chi connectivity index (χ2v) is 3.40. The van der Waals surface area contributed by atoms with Crippen molar-refractivity contribution in [3.05, 3.63) is 35.4 Å². The fourth-order valence-corrected chi connectivity index (χ4v) is 1.35. The zero-order chi connectivity index (χ0) is 11.1. The zero-order valence-corrected chi connectivity index (χ0v) is 8.90. The molecule has 82 valence electrons. The van der Waals surface area contributed by atoms with Gasteiger partial charge in [-0.3, -0.25) is 4.79 Å². The highest BCUT2D eigenvalue weighted by Gasteiger charge is 2.02. The second kappa shape index (κ2) is 6.19. The summed E-state index contributed by atoms with van der Waals surface area (Å²) in [5.74, 6) is -0.224. The van der Waals surface area contributed by atoms with Gasteiger partial charge in [-0.1, -0.05) is 24.3 Å². The van der Waals surface area contributed by atoms with Gasteiger partial charge in [0.25, 0.3) is 0 Å². The molecular formula is C12H16O3. The summed E-state index contributed by atoms with van der Waals surface area (Å²) < 4.78 is 4.58. The predicted molar refractivity (Wildman–Crippen MR) is 57.6 cm³/mol. The van der Waals surface area contributed by atoms with E-state index in [4.69, 9.17) is 5.11 Å². The molecule has 0 unspecified atom stereocenters. The molecule has 0 spiro atoms. The van der Waals surface area contributed by atoms with Crippen LogP contribution in [0.2, 0.25) is 0 Å². The van der Waals surface area contributed by atoms with E-state index in [0.717, 1.165) is 18.4 Å². The Morgan fingerprint density at radius 2 is 1.87 bits per heavy atom. The molecule has 0 atom stereocenters. The molecule has 3 nitrogen and oxygen atoms in total. The van der Waals surface area contributed by atoms with E-state index in [-0.39, 0.29) is 12.6 Å². The molecule has 1 aromatic rings. The Morgan fingerprint density at radius 1 is 1.27 bits per heavy atom. The SMILES string of the molecule is COC(=O)Cc1ccc(CCCO)cc1. The summed E-state index contributed by atoms with van der Waals surface area (Å²) in [5, 5.41) is 8.67. The van der Waals surface area contributed by atoms with Crippen LogP contribution in [0.15, 0.2) is 24.3 Å². The highest BCUT2D eigenvalue weighted by atomic mass is 16.5. The summed E-state index contributed by atoms with van der Waals surface area (Å²) in [7, 11) is 1.39. The van der Waals surface area contributed by atoms with Crippen LogP contribution >= 0.6 is 0 Å². The van der Waals surface area contributed by atoms with E-state index >= 15 is 0 Å². The Bertz CT molecular complexity index is 303. The quantitative estimate of drug-likeness (QED) is 0.742. The van der Waals surface area contributed by atoms with Crippen LogP contribution in [0.3, 0.4) is 0 Å². The molecule has 0 fully saturated rings. The van der Waals surface area contributed by atoms with Gasteiger partial charge in [-0.2, -0.15) is 0 Å². The molecule has 1 aromatic carbocycles. The number of methoxy groups -OCH3 is 1. The van der Waals surface area contributed by atoms with Gasteiger partial charge in [0.15, 0.2) is 0 Å². The average molecular weight is 208 g/mol. The van der Waals surface area contributed by atoms with E-state index < -0.39 is 0 Å². The van der Waals surface area contributed by atoms with Crippen LogP contribution in [-0.2, 0) is 22.4 Å². The molecule has 0 bridgehead atoms. The molecule has 0 radical (unpaired) electrons. The van der Waals surface area contributed by atoms with Crippen molar-refractivity contribution in [2.24, 2.45) is 0 Å². The number of carbonyl (C=O) groups excluding carboxylic acids is 1. The minimum Gasteiger partial charge on any atom is -0.469 e. The van der Waals surface area contributed by atoms with Crippen molar-refractivity contribution in [1.29, 1.82) is 0 Å². The maximum Gasteiger partial charge on any atom is 0.309 e. The number of hydrogen-bond donors (Lipinski definition) is 1. The number of aryl methyl sites for hydroxylation is 1. The van der Waals surface area contributed by atoms with Crippen LogP contribution in [0.4, 0.5) is 0 Å². The van der Waals surface area contributed by atoms with Crippen molar-refractivity contribution in [3.8, 4) is 0 Å². The van der Waals surface area contributed by atoms with Crippen LogP contribution in [-0.4, -0.2) is 24.8 Å². The van der Waals surface area contributed by atoms with Gasteiger partial charge in [-0.05, 0) is 24.0 Å². The molecule has 0 aliphatic heterocycles. The second-order valence-electron chi connectivity index (χ2n) is 3.40. The molecule has 1 N–H and O–H groups in total. The van der Waals surface area contributed by atoms with Crippen molar-refractivity contribution in [2.75, 3.05) is 13.7 Å². The summed E-state index contributed by atoms with van der Waals surface area (Å²) >= 11 is 0. The third-order valence-corrected chi connectivity index (χ3v) is 2.22. The van der Waals surface area contributed by atoms with Gasteiger partial charge in [-0.25, -0.2) is 0 Å². The minimum atomic E-state index is -0.224. The third kappa shape index (κ3) is 4.13. The number of esters is 1. The van der Waals surface area contributed by atoms with E-state index in [1.807, 2.05) is 24.3 Å². The summed E-state index contributed by atoms with van der Waals surface area (Å²) in [4.78, 5) is 11.0. The Hall–Kier alpha value is -1.35. The fraction of sp³-hybridized carbons (Fsp3) is 0.417. The molecule has 0 aliphatic rings. The summed E-state index contributed by atoms with van der Waals surface area (Å²) in [6.07, 6.45) is 1.96. The van der Waals surface area contributed by atoms with Crippen molar-refractivity contribution in [1.82, 2.24) is 0 Å². The first kappa shape index (κ1) is 11.7. The molecule has 0 amide bonds. The van der Waals surface area contributed by atoms with Gasteiger partial charge in [0, 0.05) is 6.61 Å². The molecule has 1 rings (SSSR count). The lowest BCUT2D eigenvalue weighted by molar-refractivity contribution is -0.139. The first-order valence-electron chi connectivity index (χ1n) is 5.01. The van der Waals surface area contributed by atoms with Gasteiger partial charge in [0.2, 0.25) is 0 Å². The molecule has 15 heavy (non-hydrogen) atoms. The lowest BCUT2D eigenvalue weighted by atomic mass is 10.1. The third-order valence-electron chi connectivity index (χ3n) is 2.22. The predicted octanol–water partition coefficient (Wildman–Crippen LogP) is 1.33. The van der Waals surface area contributed by atoms with Gasteiger partial charge in [0.05, 0.1) is 13.5 Å². The lowest BCUT2D eigenvalue weighted by Crippen LogP contribution is -2.04. The highest BCUT2D eigenvalue weighted by molar-refractivity contribution is 5.72. The average Bonchev–Trinajstić information content (AvgIpc) is 2.28. The Balaban J connectivity index is 2.52. The monoisotopic (exact) mass is 208 g/mol. The number of hydrogen-bond acceptors (Lipinski definition) is 3. The van der Waals surface area contributed by atoms with Crippen LogP contribution in [0, 0.1) is 0 Å². The summed E-state index contributed by atoms with van der Waals surface area (Å²) in [6, 6.07) is 7.80. The van der Waals surface area contributed by atoms with Gasteiger partial charge in [0.1, 0.15) is 0 Å². The number of aliphatic hydroxyl groups excluding tert-OH is 1. The van der Waals surface area contributed by atoms with Crippen molar-refractivity contribution in [3.63, 3.8) is 0 Å². The van der Waals surface area contributed by atoms with E-state index in [9.17, 15) is 4.79 Å². The summed E-state index contributed by atoms with van der Waals surface area (Å²) in [5.41, 5.74) is 2.13.